The van der Waals surface area contributed by atoms with Gasteiger partial charge in [0.15, 0.2) is 0 Å². The van der Waals surface area contributed by atoms with E-state index in [1.165, 1.54) is 0 Å². The molecule has 1 aliphatic heterocycles. The van der Waals surface area contributed by atoms with Crippen LogP contribution in [0.1, 0.15) is 30.5 Å². The van der Waals surface area contributed by atoms with Crippen molar-refractivity contribution in [1.82, 2.24) is 4.98 Å². The summed E-state index contributed by atoms with van der Waals surface area (Å²) >= 11 is 12.7. The zero-order valence-corrected chi connectivity index (χ0v) is 15.0. The summed E-state index contributed by atoms with van der Waals surface area (Å²) in [5, 5.41) is 2.31. The number of para-hydroxylation sites is 1. The van der Waals surface area contributed by atoms with Crippen molar-refractivity contribution in [1.29, 1.82) is 0 Å². The van der Waals surface area contributed by atoms with E-state index >= 15 is 0 Å². The Morgan fingerprint density at radius 2 is 1.83 bits per heavy atom. The number of aliphatic imine (C=N–C) groups is 1. The fraction of sp³-hybridized carbons (Fsp3) is 0.200. The Bertz CT molecular complexity index is 990. The van der Waals surface area contributed by atoms with E-state index in [4.69, 9.17) is 28.2 Å². The number of halogens is 2. The number of rotatable bonds is 1. The van der Waals surface area contributed by atoms with Crippen LogP contribution in [0.2, 0.25) is 10.0 Å². The van der Waals surface area contributed by atoms with Gasteiger partial charge >= 0.3 is 0 Å². The summed E-state index contributed by atoms with van der Waals surface area (Å²) in [7, 11) is 0. The Hall–Kier alpha value is -1.90. The molecular weight excluding hydrogens is 339 g/mol. The number of fused-ring (bicyclic) bond motifs is 2. The maximum Gasteiger partial charge on any atom is 0.0744 e. The van der Waals surface area contributed by atoms with Crippen LogP contribution in [0.4, 0.5) is 0 Å². The lowest BCUT2D eigenvalue weighted by molar-refractivity contribution is 0.513. The fourth-order valence-electron chi connectivity index (χ4n) is 3.24. The average molecular weight is 355 g/mol. The Balaban J connectivity index is 1.95. The van der Waals surface area contributed by atoms with Crippen LogP contribution >= 0.6 is 23.2 Å². The highest BCUT2D eigenvalue weighted by atomic mass is 35.5. The van der Waals surface area contributed by atoms with Crippen molar-refractivity contribution in [3.63, 3.8) is 0 Å². The first kappa shape index (κ1) is 15.6. The lowest BCUT2D eigenvalue weighted by Gasteiger charge is -2.30. The number of pyridine rings is 1. The second-order valence-electron chi connectivity index (χ2n) is 6.75. The molecule has 0 atom stereocenters. The number of benzene rings is 2. The van der Waals surface area contributed by atoms with Crippen molar-refractivity contribution in [2.45, 2.75) is 25.8 Å². The van der Waals surface area contributed by atoms with E-state index in [0.717, 1.165) is 39.7 Å². The first-order valence-corrected chi connectivity index (χ1v) is 8.62. The van der Waals surface area contributed by atoms with Gasteiger partial charge < -0.3 is 0 Å². The first-order chi connectivity index (χ1) is 11.4. The molecular formula is C20H16Cl2N2. The van der Waals surface area contributed by atoms with Crippen LogP contribution in [0.15, 0.2) is 53.7 Å². The zero-order valence-electron chi connectivity index (χ0n) is 13.5. The molecule has 0 N–H and O–H groups in total. The molecule has 1 aliphatic rings. The largest absolute Gasteiger partial charge is 0.278 e. The molecule has 0 radical (unpaired) electrons. The molecule has 2 aromatic carbocycles. The Kier molecular flexibility index (Phi) is 3.63. The standard InChI is InChI=1S/C20H16Cl2N2/c1-20(2)10-15-14(7-8-16(21)18(15)22)19(24-20)13-9-12-5-3-4-6-17(12)23-11-13/h3-9,11H,10H2,1-2H3. The molecule has 0 saturated heterocycles. The van der Waals surface area contributed by atoms with Crippen molar-refractivity contribution in [2.75, 3.05) is 0 Å². The highest BCUT2D eigenvalue weighted by molar-refractivity contribution is 6.43. The SMILES string of the molecule is CC1(C)Cc2c(ccc(Cl)c2Cl)C(c2cnc3ccccc3c2)=N1. The van der Waals surface area contributed by atoms with E-state index in [2.05, 4.69) is 31.0 Å². The second kappa shape index (κ2) is 5.58. The van der Waals surface area contributed by atoms with E-state index in [0.29, 0.717) is 10.0 Å². The molecule has 4 rings (SSSR count). The maximum atomic E-state index is 6.48. The van der Waals surface area contributed by atoms with Crippen molar-refractivity contribution in [3.8, 4) is 0 Å². The van der Waals surface area contributed by atoms with Gasteiger partial charge in [0.1, 0.15) is 0 Å². The van der Waals surface area contributed by atoms with Crippen LogP contribution in [-0.2, 0) is 6.42 Å². The van der Waals surface area contributed by atoms with Crippen molar-refractivity contribution in [3.05, 3.63) is 75.4 Å². The average Bonchev–Trinajstić information content (AvgIpc) is 2.57. The highest BCUT2D eigenvalue weighted by Gasteiger charge is 2.30. The van der Waals surface area contributed by atoms with Gasteiger partial charge in [0.25, 0.3) is 0 Å². The minimum atomic E-state index is -0.234. The lowest BCUT2D eigenvalue weighted by atomic mass is 9.85. The molecule has 3 aromatic rings. The lowest BCUT2D eigenvalue weighted by Crippen LogP contribution is -2.29. The van der Waals surface area contributed by atoms with Crippen molar-refractivity contribution < 1.29 is 0 Å². The van der Waals surface area contributed by atoms with Gasteiger partial charge in [-0.25, -0.2) is 0 Å². The van der Waals surface area contributed by atoms with Gasteiger partial charge in [-0.05, 0) is 44.0 Å². The van der Waals surface area contributed by atoms with E-state index < -0.39 is 0 Å². The summed E-state index contributed by atoms with van der Waals surface area (Å²) in [6.45, 7) is 4.23. The molecule has 0 fully saturated rings. The minimum absolute atomic E-state index is 0.234. The van der Waals surface area contributed by atoms with Gasteiger partial charge in [0.05, 0.1) is 26.8 Å². The predicted octanol–water partition coefficient (Wildman–Crippen LogP) is 5.71. The Morgan fingerprint density at radius 3 is 2.67 bits per heavy atom. The van der Waals surface area contributed by atoms with E-state index in [1.54, 1.807) is 0 Å². The Labute approximate surface area is 151 Å². The van der Waals surface area contributed by atoms with Crippen molar-refractivity contribution >= 4 is 39.8 Å². The molecule has 24 heavy (non-hydrogen) atoms. The first-order valence-electron chi connectivity index (χ1n) is 7.87. The molecule has 4 heteroatoms. The van der Waals surface area contributed by atoms with E-state index in [9.17, 15) is 0 Å². The van der Waals surface area contributed by atoms with Gasteiger partial charge in [-0.2, -0.15) is 0 Å². The van der Waals surface area contributed by atoms with Gasteiger partial charge in [-0.3, -0.25) is 9.98 Å². The highest BCUT2D eigenvalue weighted by Crippen LogP contribution is 2.37. The summed E-state index contributed by atoms with van der Waals surface area (Å²) in [5.74, 6) is 0. The molecule has 2 nitrogen and oxygen atoms in total. The Morgan fingerprint density at radius 1 is 1.04 bits per heavy atom. The van der Waals surface area contributed by atoms with Crippen LogP contribution in [0, 0.1) is 0 Å². The van der Waals surface area contributed by atoms with Gasteiger partial charge in [0.2, 0.25) is 0 Å². The third-order valence-electron chi connectivity index (χ3n) is 4.34. The van der Waals surface area contributed by atoms with Crippen LogP contribution in [0.25, 0.3) is 10.9 Å². The summed E-state index contributed by atoms with van der Waals surface area (Å²) in [5.41, 5.74) is 4.78. The van der Waals surface area contributed by atoms with Crippen LogP contribution in [-0.4, -0.2) is 16.2 Å². The maximum absolute atomic E-state index is 6.48. The van der Waals surface area contributed by atoms with E-state index in [-0.39, 0.29) is 5.54 Å². The zero-order chi connectivity index (χ0) is 16.9. The van der Waals surface area contributed by atoms with Crippen LogP contribution < -0.4 is 0 Å². The molecule has 0 bridgehead atoms. The second-order valence-corrected chi connectivity index (χ2v) is 7.54. The van der Waals surface area contributed by atoms with E-state index in [1.807, 2.05) is 36.5 Å². The number of hydrogen-bond acceptors (Lipinski definition) is 2. The third-order valence-corrected chi connectivity index (χ3v) is 5.18. The normalized spacial score (nSPS) is 15.9. The topological polar surface area (TPSA) is 25.2 Å². The number of hydrogen-bond donors (Lipinski definition) is 0. The number of aromatic nitrogens is 1. The third kappa shape index (κ3) is 2.60. The smallest absolute Gasteiger partial charge is 0.0744 e. The molecule has 0 amide bonds. The molecule has 1 aromatic heterocycles. The summed E-state index contributed by atoms with van der Waals surface area (Å²) in [6.07, 6.45) is 2.65. The monoisotopic (exact) mass is 354 g/mol. The van der Waals surface area contributed by atoms with Gasteiger partial charge in [-0.15, -0.1) is 0 Å². The molecule has 0 unspecified atom stereocenters. The van der Waals surface area contributed by atoms with Crippen LogP contribution in [0.5, 0.6) is 0 Å². The summed E-state index contributed by atoms with van der Waals surface area (Å²) in [6, 6.07) is 14.1. The molecule has 0 saturated carbocycles. The van der Waals surface area contributed by atoms with Crippen LogP contribution in [0.3, 0.4) is 0 Å². The molecule has 120 valence electrons. The summed E-state index contributed by atoms with van der Waals surface area (Å²) < 4.78 is 0. The number of nitrogens with zero attached hydrogens (tertiary/aromatic N) is 2. The van der Waals surface area contributed by atoms with Gasteiger partial charge in [-0.1, -0.05) is 47.5 Å². The van der Waals surface area contributed by atoms with Gasteiger partial charge in [0, 0.05) is 22.7 Å². The predicted molar refractivity (Wildman–Crippen MR) is 102 cm³/mol. The van der Waals surface area contributed by atoms with Crippen molar-refractivity contribution in [2.24, 2.45) is 4.99 Å². The fourth-order valence-corrected chi connectivity index (χ4v) is 3.65. The molecule has 0 spiro atoms. The minimum Gasteiger partial charge on any atom is -0.278 e. The quantitative estimate of drug-likeness (QED) is 0.549. The summed E-state index contributed by atoms with van der Waals surface area (Å²) in [4.78, 5) is 9.56. The molecule has 0 aliphatic carbocycles. The molecule has 2 heterocycles.